The summed E-state index contributed by atoms with van der Waals surface area (Å²) >= 11 is 0. The first kappa shape index (κ1) is 9.22. The fourth-order valence-electron chi connectivity index (χ4n) is 1.04. The lowest BCUT2D eigenvalue weighted by atomic mass is 10.3. The lowest BCUT2D eigenvalue weighted by molar-refractivity contribution is 0.330. The average Bonchev–Trinajstić information content (AvgIpc) is 2.37. The van der Waals surface area contributed by atoms with Gasteiger partial charge in [0.15, 0.2) is 6.39 Å². The second kappa shape index (κ2) is 4.23. The van der Waals surface area contributed by atoms with E-state index in [1.165, 1.54) is 6.39 Å². The first-order chi connectivity index (χ1) is 5.74. The van der Waals surface area contributed by atoms with Crippen LogP contribution < -0.4 is 5.73 Å². The molecule has 0 aliphatic heterocycles. The van der Waals surface area contributed by atoms with Crippen LogP contribution in [0.2, 0.25) is 0 Å². The number of aromatic nitrogens is 1. The molecule has 0 radical (unpaired) electrons. The molecule has 0 bridgehead atoms. The third-order valence-electron chi connectivity index (χ3n) is 1.77. The molecule has 1 heterocycles. The van der Waals surface area contributed by atoms with Gasteiger partial charge in [-0.3, -0.25) is 4.90 Å². The third kappa shape index (κ3) is 2.32. The van der Waals surface area contributed by atoms with Gasteiger partial charge in [-0.05, 0) is 14.0 Å². The molecule has 0 amide bonds. The van der Waals surface area contributed by atoms with E-state index in [0.29, 0.717) is 6.54 Å². The summed E-state index contributed by atoms with van der Waals surface area (Å²) in [4.78, 5) is 6.20. The van der Waals surface area contributed by atoms with E-state index in [1.807, 2.05) is 14.0 Å². The molecule has 0 saturated heterocycles. The summed E-state index contributed by atoms with van der Waals surface area (Å²) in [6.45, 7) is 4.28. The Bertz CT molecular complexity index is 234. The zero-order valence-corrected chi connectivity index (χ0v) is 7.58. The fourth-order valence-corrected chi connectivity index (χ4v) is 1.04. The maximum atomic E-state index is 5.41. The molecule has 2 N–H and O–H groups in total. The van der Waals surface area contributed by atoms with Crippen molar-refractivity contribution >= 4 is 0 Å². The summed E-state index contributed by atoms with van der Waals surface area (Å²) in [5, 5.41) is 0. The number of nitrogens with two attached hydrogens (primary N) is 1. The number of hydrogen-bond acceptors (Lipinski definition) is 4. The molecule has 0 aliphatic carbocycles. The summed E-state index contributed by atoms with van der Waals surface area (Å²) in [6, 6.07) is 0. The van der Waals surface area contributed by atoms with Crippen molar-refractivity contribution in [2.45, 2.75) is 13.5 Å². The van der Waals surface area contributed by atoms with Crippen molar-refractivity contribution in [1.29, 1.82) is 0 Å². The predicted octanol–water partition coefficient (Wildman–Crippen LogP) is 0.374. The van der Waals surface area contributed by atoms with Crippen LogP contribution in [-0.4, -0.2) is 30.0 Å². The lowest BCUT2D eigenvalue weighted by Gasteiger charge is -2.13. The van der Waals surface area contributed by atoms with Gasteiger partial charge in [0.25, 0.3) is 0 Å². The molecule has 1 aromatic heterocycles. The van der Waals surface area contributed by atoms with Gasteiger partial charge in [0.1, 0.15) is 5.76 Å². The second-order valence-corrected chi connectivity index (χ2v) is 2.88. The maximum absolute atomic E-state index is 5.41. The lowest BCUT2D eigenvalue weighted by Crippen LogP contribution is -2.25. The Labute approximate surface area is 72.4 Å². The highest BCUT2D eigenvalue weighted by atomic mass is 16.3. The van der Waals surface area contributed by atoms with Crippen molar-refractivity contribution in [2.75, 3.05) is 20.1 Å². The smallest absolute Gasteiger partial charge is 0.181 e. The standard InChI is InChI=1S/C8H15N3O/c1-7-8(10-6-12-7)5-11(2)4-3-9/h6H,3-5,9H2,1-2H3. The van der Waals surface area contributed by atoms with Crippen LogP contribution in [-0.2, 0) is 6.54 Å². The molecule has 4 nitrogen and oxygen atoms in total. The van der Waals surface area contributed by atoms with Gasteiger partial charge >= 0.3 is 0 Å². The van der Waals surface area contributed by atoms with E-state index in [1.54, 1.807) is 0 Å². The topological polar surface area (TPSA) is 55.3 Å². The molecule has 1 aromatic rings. The Hall–Kier alpha value is -0.870. The van der Waals surface area contributed by atoms with Crippen molar-refractivity contribution < 1.29 is 4.42 Å². The van der Waals surface area contributed by atoms with Crippen molar-refractivity contribution in [3.05, 3.63) is 17.8 Å². The molecule has 0 aromatic carbocycles. The van der Waals surface area contributed by atoms with E-state index in [9.17, 15) is 0 Å². The minimum Gasteiger partial charge on any atom is -0.448 e. The zero-order chi connectivity index (χ0) is 8.97. The molecule has 0 spiro atoms. The zero-order valence-electron chi connectivity index (χ0n) is 7.58. The predicted molar refractivity (Wildman–Crippen MR) is 46.6 cm³/mol. The van der Waals surface area contributed by atoms with Crippen LogP contribution >= 0.6 is 0 Å². The van der Waals surface area contributed by atoms with Gasteiger partial charge in [0.05, 0.1) is 5.69 Å². The molecule has 68 valence electrons. The van der Waals surface area contributed by atoms with E-state index in [2.05, 4.69) is 9.88 Å². The van der Waals surface area contributed by atoms with Gasteiger partial charge < -0.3 is 10.2 Å². The molecule has 1 rings (SSSR count). The molecule has 12 heavy (non-hydrogen) atoms. The summed E-state index contributed by atoms with van der Waals surface area (Å²) in [7, 11) is 2.01. The van der Waals surface area contributed by atoms with Gasteiger partial charge in [0, 0.05) is 19.6 Å². The second-order valence-electron chi connectivity index (χ2n) is 2.88. The number of likely N-dealkylation sites (N-methyl/N-ethyl adjacent to an activating group) is 1. The highest BCUT2D eigenvalue weighted by molar-refractivity contribution is 5.03. The van der Waals surface area contributed by atoms with Gasteiger partial charge in [0.2, 0.25) is 0 Å². The highest BCUT2D eigenvalue weighted by Crippen LogP contribution is 2.06. The Morgan fingerprint density at radius 1 is 1.67 bits per heavy atom. The molecular weight excluding hydrogens is 154 g/mol. The van der Waals surface area contributed by atoms with Crippen molar-refractivity contribution in [2.24, 2.45) is 5.73 Å². The third-order valence-corrected chi connectivity index (χ3v) is 1.77. The minimum absolute atomic E-state index is 0.674. The van der Waals surface area contributed by atoms with Crippen LogP contribution in [0, 0.1) is 6.92 Å². The van der Waals surface area contributed by atoms with Crippen LogP contribution in [0.3, 0.4) is 0 Å². The van der Waals surface area contributed by atoms with Crippen molar-refractivity contribution in [1.82, 2.24) is 9.88 Å². The van der Waals surface area contributed by atoms with Crippen LogP contribution in [0.5, 0.6) is 0 Å². The summed E-state index contributed by atoms with van der Waals surface area (Å²) in [5.41, 5.74) is 6.40. The Balaban J connectivity index is 2.46. The maximum Gasteiger partial charge on any atom is 0.181 e. The first-order valence-corrected chi connectivity index (χ1v) is 4.01. The number of rotatable bonds is 4. The summed E-state index contributed by atoms with van der Waals surface area (Å²) in [6.07, 6.45) is 1.47. The van der Waals surface area contributed by atoms with Crippen LogP contribution in [0.25, 0.3) is 0 Å². The Morgan fingerprint density at radius 3 is 2.92 bits per heavy atom. The van der Waals surface area contributed by atoms with Crippen LogP contribution in [0.15, 0.2) is 10.8 Å². The monoisotopic (exact) mass is 169 g/mol. The molecule has 0 unspecified atom stereocenters. The van der Waals surface area contributed by atoms with E-state index < -0.39 is 0 Å². The number of nitrogens with zero attached hydrogens (tertiary/aromatic N) is 2. The van der Waals surface area contributed by atoms with Crippen molar-refractivity contribution in [3.63, 3.8) is 0 Å². The number of hydrogen-bond donors (Lipinski definition) is 1. The normalized spacial score (nSPS) is 11.0. The SMILES string of the molecule is Cc1ocnc1CN(C)CCN. The van der Waals surface area contributed by atoms with Crippen LogP contribution in [0.4, 0.5) is 0 Å². The molecule has 0 saturated carbocycles. The van der Waals surface area contributed by atoms with Crippen molar-refractivity contribution in [3.8, 4) is 0 Å². The number of oxazole rings is 1. The first-order valence-electron chi connectivity index (χ1n) is 4.01. The minimum atomic E-state index is 0.674. The van der Waals surface area contributed by atoms with E-state index in [4.69, 9.17) is 10.2 Å². The van der Waals surface area contributed by atoms with Gasteiger partial charge in [-0.1, -0.05) is 0 Å². The van der Waals surface area contributed by atoms with E-state index in [0.717, 1.165) is 24.5 Å². The molecule has 0 atom stereocenters. The molecule has 4 heteroatoms. The fraction of sp³-hybridized carbons (Fsp3) is 0.625. The van der Waals surface area contributed by atoms with E-state index in [-0.39, 0.29) is 0 Å². The highest BCUT2D eigenvalue weighted by Gasteiger charge is 2.05. The Kier molecular flexibility index (Phi) is 3.25. The molecular formula is C8H15N3O. The Morgan fingerprint density at radius 2 is 2.42 bits per heavy atom. The van der Waals surface area contributed by atoms with E-state index >= 15 is 0 Å². The van der Waals surface area contributed by atoms with Gasteiger partial charge in [-0.2, -0.15) is 0 Å². The van der Waals surface area contributed by atoms with Gasteiger partial charge in [-0.15, -0.1) is 0 Å². The number of aryl methyl sites for hydroxylation is 1. The molecule has 0 aliphatic rings. The van der Waals surface area contributed by atoms with Crippen LogP contribution in [0.1, 0.15) is 11.5 Å². The van der Waals surface area contributed by atoms with Gasteiger partial charge in [-0.25, -0.2) is 4.98 Å². The summed E-state index contributed by atoms with van der Waals surface area (Å²) in [5.74, 6) is 0.888. The quantitative estimate of drug-likeness (QED) is 0.707. The average molecular weight is 169 g/mol. The largest absolute Gasteiger partial charge is 0.448 e. The summed E-state index contributed by atoms with van der Waals surface area (Å²) < 4.78 is 5.07. The molecule has 0 fully saturated rings.